The van der Waals surface area contributed by atoms with Crippen molar-refractivity contribution in [3.63, 3.8) is 0 Å². The minimum Gasteiger partial charge on any atom is -0.468 e. The molecule has 4 aromatic rings. The minimum absolute atomic E-state index is 0.125. The standard InChI is InChI=1S/C18H14F2N6O3/c1-18(19,20)13-6-14(25-29-13)24-16(27)10-28-17-3-2-11(7-23-17)12-8-22-15-9-21-4-5-26(12)15/h2-9H,10H2,1H3,(H,24,25,27). The lowest BCUT2D eigenvalue weighted by Gasteiger charge is -2.06. The van der Waals surface area contributed by atoms with Gasteiger partial charge in [-0.2, -0.15) is 8.78 Å². The molecule has 0 unspecified atom stereocenters. The van der Waals surface area contributed by atoms with Gasteiger partial charge in [0.1, 0.15) is 0 Å². The predicted octanol–water partition coefficient (Wildman–Crippen LogP) is 2.91. The van der Waals surface area contributed by atoms with Crippen LogP contribution in [-0.2, 0) is 10.7 Å². The van der Waals surface area contributed by atoms with Crippen LogP contribution in [0.25, 0.3) is 16.9 Å². The molecule has 0 aromatic carbocycles. The van der Waals surface area contributed by atoms with E-state index >= 15 is 0 Å². The van der Waals surface area contributed by atoms with Crippen molar-refractivity contribution in [3.8, 4) is 17.1 Å². The molecule has 0 aliphatic rings. The molecule has 0 radical (unpaired) electrons. The van der Waals surface area contributed by atoms with Crippen LogP contribution >= 0.6 is 0 Å². The number of amides is 1. The number of alkyl halides is 2. The van der Waals surface area contributed by atoms with Gasteiger partial charge in [0.2, 0.25) is 11.6 Å². The van der Waals surface area contributed by atoms with Crippen LogP contribution in [0.2, 0.25) is 0 Å². The number of anilines is 1. The normalized spacial score (nSPS) is 11.6. The molecule has 4 heterocycles. The van der Waals surface area contributed by atoms with Crippen LogP contribution in [-0.4, -0.2) is 37.0 Å². The van der Waals surface area contributed by atoms with Gasteiger partial charge >= 0.3 is 5.92 Å². The van der Waals surface area contributed by atoms with E-state index in [4.69, 9.17) is 4.74 Å². The summed E-state index contributed by atoms with van der Waals surface area (Å²) in [6, 6.07) is 4.34. The molecule has 148 valence electrons. The van der Waals surface area contributed by atoms with Crippen molar-refractivity contribution in [3.05, 3.63) is 54.9 Å². The fourth-order valence-electron chi connectivity index (χ4n) is 2.53. The number of rotatable bonds is 6. The van der Waals surface area contributed by atoms with E-state index in [-0.39, 0.29) is 18.3 Å². The Bertz CT molecular complexity index is 1150. The molecule has 9 nitrogen and oxygen atoms in total. The van der Waals surface area contributed by atoms with Crippen LogP contribution in [0.3, 0.4) is 0 Å². The van der Waals surface area contributed by atoms with Crippen molar-refractivity contribution in [2.75, 3.05) is 11.9 Å². The van der Waals surface area contributed by atoms with Gasteiger partial charge in [-0.15, -0.1) is 0 Å². The number of imidazole rings is 1. The van der Waals surface area contributed by atoms with Gasteiger partial charge < -0.3 is 14.6 Å². The minimum atomic E-state index is -3.19. The summed E-state index contributed by atoms with van der Waals surface area (Å²) in [5, 5.41) is 5.68. The summed E-state index contributed by atoms with van der Waals surface area (Å²) in [7, 11) is 0. The SMILES string of the molecule is CC(F)(F)c1cc(NC(=O)COc2ccc(-c3cnc4cnccn34)cn2)no1. The maximum Gasteiger partial charge on any atom is 0.304 e. The Hall–Kier alpha value is -3.89. The first-order valence-corrected chi connectivity index (χ1v) is 8.41. The molecular formula is C18H14F2N6O3. The molecule has 0 saturated heterocycles. The van der Waals surface area contributed by atoms with Gasteiger partial charge in [0.15, 0.2) is 18.1 Å². The number of ether oxygens (including phenoxy) is 1. The van der Waals surface area contributed by atoms with Gasteiger partial charge in [-0.3, -0.25) is 14.2 Å². The molecule has 4 aromatic heterocycles. The Morgan fingerprint density at radius 1 is 1.28 bits per heavy atom. The average Bonchev–Trinajstić information content (AvgIpc) is 3.34. The first kappa shape index (κ1) is 18.5. The smallest absolute Gasteiger partial charge is 0.304 e. The molecule has 0 aliphatic carbocycles. The second-order valence-corrected chi connectivity index (χ2v) is 6.13. The third-order valence-corrected chi connectivity index (χ3v) is 3.91. The van der Waals surface area contributed by atoms with E-state index in [0.29, 0.717) is 12.6 Å². The lowest BCUT2D eigenvalue weighted by atomic mass is 10.2. The Balaban J connectivity index is 1.37. The number of fused-ring (bicyclic) bond motifs is 1. The number of aromatic nitrogens is 5. The van der Waals surface area contributed by atoms with Gasteiger partial charge in [-0.05, 0) is 6.07 Å². The highest BCUT2D eigenvalue weighted by molar-refractivity contribution is 5.90. The summed E-state index contributed by atoms with van der Waals surface area (Å²) in [5.41, 5.74) is 2.33. The molecular weight excluding hydrogens is 386 g/mol. The van der Waals surface area contributed by atoms with Gasteiger partial charge in [-0.25, -0.2) is 9.97 Å². The van der Waals surface area contributed by atoms with E-state index in [1.54, 1.807) is 43.1 Å². The lowest BCUT2D eigenvalue weighted by molar-refractivity contribution is -0.118. The van der Waals surface area contributed by atoms with Gasteiger partial charge in [0.05, 0.1) is 18.1 Å². The summed E-state index contributed by atoms with van der Waals surface area (Å²) in [4.78, 5) is 24.3. The van der Waals surface area contributed by atoms with Crippen molar-refractivity contribution >= 4 is 17.4 Å². The number of hydrogen-bond acceptors (Lipinski definition) is 7. The number of carbonyl (C=O) groups is 1. The summed E-state index contributed by atoms with van der Waals surface area (Å²) in [5.74, 6) is -4.32. The molecule has 29 heavy (non-hydrogen) atoms. The number of carbonyl (C=O) groups excluding carboxylic acids is 1. The molecule has 0 saturated carbocycles. The number of pyridine rings is 1. The zero-order valence-corrected chi connectivity index (χ0v) is 15.0. The fourth-order valence-corrected chi connectivity index (χ4v) is 2.53. The topological polar surface area (TPSA) is 107 Å². The Labute approximate surface area is 162 Å². The predicted molar refractivity (Wildman–Crippen MR) is 96.4 cm³/mol. The van der Waals surface area contributed by atoms with Gasteiger partial charge in [0.25, 0.3) is 5.91 Å². The van der Waals surface area contributed by atoms with Crippen LogP contribution in [0.1, 0.15) is 12.7 Å². The van der Waals surface area contributed by atoms with E-state index < -0.39 is 17.6 Å². The molecule has 0 fully saturated rings. The number of nitrogens with zero attached hydrogens (tertiary/aromatic N) is 5. The summed E-state index contributed by atoms with van der Waals surface area (Å²) >= 11 is 0. The highest BCUT2D eigenvalue weighted by Crippen LogP contribution is 2.28. The highest BCUT2D eigenvalue weighted by atomic mass is 19.3. The van der Waals surface area contributed by atoms with Crippen molar-refractivity contribution in [2.45, 2.75) is 12.8 Å². The number of nitrogens with one attached hydrogen (secondary N) is 1. The number of halogens is 2. The summed E-state index contributed by atoms with van der Waals surface area (Å²) < 4.78 is 37.9. The van der Waals surface area contributed by atoms with E-state index in [1.165, 1.54) is 0 Å². The molecule has 4 rings (SSSR count). The van der Waals surface area contributed by atoms with E-state index in [1.807, 2.05) is 4.40 Å². The van der Waals surface area contributed by atoms with E-state index in [0.717, 1.165) is 17.3 Å². The van der Waals surface area contributed by atoms with Crippen LogP contribution in [0.4, 0.5) is 14.6 Å². The van der Waals surface area contributed by atoms with Gasteiger partial charge in [-0.1, -0.05) is 5.16 Å². The second-order valence-electron chi connectivity index (χ2n) is 6.13. The third-order valence-electron chi connectivity index (χ3n) is 3.91. The van der Waals surface area contributed by atoms with Crippen molar-refractivity contribution in [1.82, 2.24) is 24.5 Å². The lowest BCUT2D eigenvalue weighted by Crippen LogP contribution is -2.20. The monoisotopic (exact) mass is 400 g/mol. The number of hydrogen-bond donors (Lipinski definition) is 1. The third kappa shape index (κ3) is 4.03. The maximum atomic E-state index is 13.1. The van der Waals surface area contributed by atoms with E-state index in [9.17, 15) is 13.6 Å². The Morgan fingerprint density at radius 2 is 2.14 bits per heavy atom. The Kier molecular flexibility index (Phi) is 4.63. The zero-order valence-electron chi connectivity index (χ0n) is 15.0. The van der Waals surface area contributed by atoms with Crippen molar-refractivity contribution < 1.29 is 22.8 Å². The highest BCUT2D eigenvalue weighted by Gasteiger charge is 2.30. The maximum absolute atomic E-state index is 13.1. The van der Waals surface area contributed by atoms with Crippen molar-refractivity contribution in [2.24, 2.45) is 0 Å². The van der Waals surface area contributed by atoms with Gasteiger partial charge in [0, 0.05) is 43.2 Å². The quantitative estimate of drug-likeness (QED) is 0.530. The largest absolute Gasteiger partial charge is 0.468 e. The summed E-state index contributed by atoms with van der Waals surface area (Å²) in [6.07, 6.45) is 8.38. The molecule has 0 atom stereocenters. The molecule has 1 N–H and O–H groups in total. The first-order valence-electron chi connectivity index (χ1n) is 8.41. The summed E-state index contributed by atoms with van der Waals surface area (Å²) in [6.45, 7) is 0.291. The fraction of sp³-hybridized carbons (Fsp3) is 0.167. The molecule has 1 amide bonds. The van der Waals surface area contributed by atoms with Crippen LogP contribution in [0.5, 0.6) is 5.88 Å². The van der Waals surface area contributed by atoms with Crippen LogP contribution in [0, 0.1) is 0 Å². The van der Waals surface area contributed by atoms with Crippen molar-refractivity contribution in [1.29, 1.82) is 0 Å². The molecule has 11 heteroatoms. The van der Waals surface area contributed by atoms with E-state index in [2.05, 4.69) is 29.9 Å². The Morgan fingerprint density at radius 3 is 2.86 bits per heavy atom. The molecule has 0 aliphatic heterocycles. The molecule has 0 spiro atoms. The van der Waals surface area contributed by atoms with Crippen LogP contribution < -0.4 is 10.1 Å². The first-order chi connectivity index (χ1) is 13.9. The zero-order chi connectivity index (χ0) is 20.4. The van der Waals surface area contributed by atoms with Crippen LogP contribution in [0.15, 0.2) is 53.7 Å². The second kappa shape index (κ2) is 7.26. The molecule has 0 bridgehead atoms. The average molecular weight is 400 g/mol.